The third kappa shape index (κ3) is 5.87. The Labute approximate surface area is 393 Å². The SMILES string of the molecule is c1ccc2c(c1)Oc1ccccc1N2c1ccc2c(-c3cccc4ccccc34)c3cc(N4c5ccccc5Oc5ccccc54)ccc3c(-c3ccccc3-c3cccc4ccccc34)c2c1. The van der Waals surface area contributed by atoms with Gasteiger partial charge in [0.25, 0.3) is 0 Å². The second-order valence-corrected chi connectivity index (χ2v) is 17.6. The molecule has 0 spiro atoms. The molecule has 0 bridgehead atoms. The Balaban J connectivity index is 1.14. The molecule has 4 heteroatoms. The Morgan fingerprint density at radius 3 is 1.09 bits per heavy atom. The van der Waals surface area contributed by atoms with E-state index < -0.39 is 0 Å². The fourth-order valence-corrected chi connectivity index (χ4v) is 10.9. The van der Waals surface area contributed by atoms with Gasteiger partial charge in [0.15, 0.2) is 23.0 Å². The third-order valence-electron chi connectivity index (χ3n) is 13.8. The molecule has 0 fully saturated rings. The van der Waals surface area contributed by atoms with Crippen molar-refractivity contribution in [1.29, 1.82) is 0 Å². The molecule has 0 saturated heterocycles. The van der Waals surface area contributed by atoms with Crippen LogP contribution in [0.4, 0.5) is 34.1 Å². The number of ether oxygens (including phenoxy) is 2. The van der Waals surface area contributed by atoms with Crippen LogP contribution < -0.4 is 19.3 Å². The number of nitrogens with zero attached hydrogens (tertiary/aromatic N) is 2. The highest BCUT2D eigenvalue weighted by molar-refractivity contribution is 6.26. The van der Waals surface area contributed by atoms with Gasteiger partial charge in [-0.2, -0.15) is 0 Å². The van der Waals surface area contributed by atoms with Crippen molar-refractivity contribution in [2.75, 3.05) is 9.80 Å². The van der Waals surface area contributed by atoms with Crippen molar-refractivity contribution in [2.24, 2.45) is 0 Å². The molecule has 2 aliphatic heterocycles. The Bertz CT molecular complexity index is 3920. The Morgan fingerprint density at radius 1 is 0.235 bits per heavy atom. The fourth-order valence-electron chi connectivity index (χ4n) is 10.9. The van der Waals surface area contributed by atoms with E-state index >= 15 is 0 Å². The van der Waals surface area contributed by atoms with Crippen molar-refractivity contribution in [3.05, 3.63) is 243 Å². The van der Waals surface area contributed by atoms with Gasteiger partial charge in [0.05, 0.1) is 22.7 Å². The summed E-state index contributed by atoms with van der Waals surface area (Å²) in [6.07, 6.45) is 0. The monoisotopic (exact) mass is 868 g/mol. The topological polar surface area (TPSA) is 24.9 Å². The smallest absolute Gasteiger partial charge is 0.151 e. The van der Waals surface area contributed by atoms with Gasteiger partial charge in [0.2, 0.25) is 0 Å². The van der Waals surface area contributed by atoms with Gasteiger partial charge < -0.3 is 19.3 Å². The lowest BCUT2D eigenvalue weighted by atomic mass is 9.82. The van der Waals surface area contributed by atoms with E-state index in [4.69, 9.17) is 9.47 Å². The normalized spacial score (nSPS) is 12.6. The summed E-state index contributed by atoms with van der Waals surface area (Å²) in [6.45, 7) is 0. The molecule has 2 aliphatic rings. The standard InChI is InChI=1S/C64H40N2O2/c1-3-21-45-41(17-1)19-15-25-47(45)48-23-5-6-24-50(48)64-52-38-36-43(65-55-27-7-11-31-59(55)67-60-32-12-8-28-56(60)65)39-53(52)63(49-26-16-20-42-18-2-4-22-46(42)49)51-37-35-44(40-54(51)64)66-57-29-9-13-33-61(57)68-62-34-14-10-30-58(62)66/h1-40H. The number of benzene rings is 12. The minimum Gasteiger partial charge on any atom is -0.453 e. The zero-order valence-corrected chi connectivity index (χ0v) is 36.8. The van der Waals surface area contributed by atoms with Crippen molar-refractivity contribution < 1.29 is 9.47 Å². The molecular formula is C64H40N2O2. The summed E-state index contributed by atoms with van der Waals surface area (Å²) in [5, 5.41) is 9.46. The first-order valence-corrected chi connectivity index (χ1v) is 23.2. The van der Waals surface area contributed by atoms with Crippen LogP contribution in [0, 0.1) is 0 Å². The summed E-state index contributed by atoms with van der Waals surface area (Å²) in [5.74, 6) is 3.29. The van der Waals surface area contributed by atoms with Crippen molar-refractivity contribution in [2.45, 2.75) is 0 Å². The lowest BCUT2D eigenvalue weighted by molar-refractivity contribution is 0.477. The largest absolute Gasteiger partial charge is 0.453 e. The van der Waals surface area contributed by atoms with E-state index in [0.29, 0.717) is 0 Å². The summed E-state index contributed by atoms with van der Waals surface area (Å²) in [4.78, 5) is 4.71. The lowest BCUT2D eigenvalue weighted by Gasteiger charge is -2.33. The van der Waals surface area contributed by atoms with Crippen LogP contribution in [0.15, 0.2) is 243 Å². The molecule has 0 atom stereocenters. The van der Waals surface area contributed by atoms with Crippen LogP contribution in [0.3, 0.4) is 0 Å². The molecule has 0 radical (unpaired) electrons. The first-order valence-electron chi connectivity index (χ1n) is 23.2. The van der Waals surface area contributed by atoms with Crippen LogP contribution >= 0.6 is 0 Å². The second-order valence-electron chi connectivity index (χ2n) is 17.6. The van der Waals surface area contributed by atoms with Crippen LogP contribution in [-0.4, -0.2) is 0 Å². The van der Waals surface area contributed by atoms with Gasteiger partial charge >= 0.3 is 0 Å². The second kappa shape index (κ2) is 15.2. The highest BCUT2D eigenvalue weighted by Gasteiger charge is 2.30. The third-order valence-corrected chi connectivity index (χ3v) is 13.8. The van der Waals surface area contributed by atoms with E-state index in [1.165, 1.54) is 49.4 Å². The molecule has 0 saturated carbocycles. The molecule has 14 rings (SSSR count). The molecule has 0 aliphatic carbocycles. The number of hydrogen-bond donors (Lipinski definition) is 0. The number of rotatable bonds is 5. The maximum absolute atomic E-state index is 6.54. The van der Waals surface area contributed by atoms with E-state index in [1.54, 1.807) is 0 Å². The number of hydrogen-bond acceptors (Lipinski definition) is 4. The highest BCUT2D eigenvalue weighted by atomic mass is 16.5. The number of fused-ring (bicyclic) bond motifs is 8. The van der Waals surface area contributed by atoms with Gasteiger partial charge in [0.1, 0.15) is 0 Å². The van der Waals surface area contributed by atoms with Crippen molar-refractivity contribution in [1.82, 2.24) is 0 Å². The number of para-hydroxylation sites is 8. The molecule has 0 unspecified atom stereocenters. The van der Waals surface area contributed by atoms with Gasteiger partial charge in [-0.25, -0.2) is 0 Å². The minimum atomic E-state index is 0.821. The molecular weight excluding hydrogens is 829 g/mol. The van der Waals surface area contributed by atoms with Crippen LogP contribution in [0.5, 0.6) is 23.0 Å². The summed E-state index contributed by atoms with van der Waals surface area (Å²) < 4.78 is 13.1. The van der Waals surface area contributed by atoms with Gasteiger partial charge in [-0.05, 0) is 149 Å². The first kappa shape index (κ1) is 38.2. The summed E-state index contributed by atoms with van der Waals surface area (Å²) in [7, 11) is 0. The molecule has 0 amide bonds. The van der Waals surface area contributed by atoms with E-state index in [-0.39, 0.29) is 0 Å². The number of anilines is 6. The fraction of sp³-hybridized carbons (Fsp3) is 0. The summed E-state index contributed by atoms with van der Waals surface area (Å²) >= 11 is 0. The van der Waals surface area contributed by atoms with E-state index in [9.17, 15) is 0 Å². The van der Waals surface area contributed by atoms with Gasteiger partial charge in [-0.3, -0.25) is 0 Å². The molecule has 0 N–H and O–H groups in total. The van der Waals surface area contributed by atoms with Crippen molar-refractivity contribution in [3.63, 3.8) is 0 Å². The Morgan fingerprint density at radius 2 is 0.588 bits per heavy atom. The molecule has 12 aromatic rings. The molecule has 2 heterocycles. The van der Waals surface area contributed by atoms with Gasteiger partial charge in [-0.15, -0.1) is 0 Å². The maximum Gasteiger partial charge on any atom is 0.151 e. The van der Waals surface area contributed by atoms with E-state index in [0.717, 1.165) is 84.2 Å². The molecule has 12 aromatic carbocycles. The van der Waals surface area contributed by atoms with Crippen LogP contribution in [0.2, 0.25) is 0 Å². The minimum absolute atomic E-state index is 0.821. The van der Waals surface area contributed by atoms with Gasteiger partial charge in [-0.1, -0.05) is 170 Å². The quantitative estimate of drug-likeness (QED) is 0.161. The molecule has 68 heavy (non-hydrogen) atoms. The average Bonchev–Trinajstić information content (AvgIpc) is 3.40. The summed E-state index contributed by atoms with van der Waals surface area (Å²) in [6, 6.07) is 87.3. The average molecular weight is 869 g/mol. The molecule has 0 aromatic heterocycles. The predicted molar refractivity (Wildman–Crippen MR) is 282 cm³/mol. The van der Waals surface area contributed by atoms with E-state index in [2.05, 4.69) is 228 Å². The zero-order chi connectivity index (χ0) is 44.7. The van der Waals surface area contributed by atoms with E-state index in [1.807, 2.05) is 24.3 Å². The Kier molecular flexibility index (Phi) is 8.55. The zero-order valence-electron chi connectivity index (χ0n) is 36.8. The maximum atomic E-state index is 6.54. The lowest BCUT2D eigenvalue weighted by Crippen LogP contribution is -2.16. The molecule has 318 valence electrons. The van der Waals surface area contributed by atoms with Crippen molar-refractivity contribution in [3.8, 4) is 56.4 Å². The van der Waals surface area contributed by atoms with Crippen LogP contribution in [0.1, 0.15) is 0 Å². The summed E-state index contributed by atoms with van der Waals surface area (Å²) in [5.41, 5.74) is 13.2. The first-order chi connectivity index (χ1) is 33.7. The van der Waals surface area contributed by atoms with Crippen LogP contribution in [0.25, 0.3) is 76.5 Å². The Hall–Kier alpha value is -9.12. The highest BCUT2D eigenvalue weighted by Crippen LogP contribution is 2.55. The predicted octanol–water partition coefficient (Wildman–Crippen LogP) is 18.5. The van der Waals surface area contributed by atoms with Crippen LogP contribution in [-0.2, 0) is 0 Å². The van der Waals surface area contributed by atoms with Crippen molar-refractivity contribution >= 4 is 77.2 Å². The molecule has 4 nitrogen and oxygen atoms in total. The van der Waals surface area contributed by atoms with Gasteiger partial charge in [0, 0.05) is 11.4 Å².